The Morgan fingerprint density at radius 3 is 2.66 bits per heavy atom. The van der Waals surface area contributed by atoms with E-state index in [9.17, 15) is 9.59 Å². The highest BCUT2D eigenvalue weighted by Gasteiger charge is 2.17. The molecule has 0 spiro atoms. The number of pyridine rings is 3. The van der Waals surface area contributed by atoms with Crippen LogP contribution >= 0.6 is 11.3 Å². The van der Waals surface area contributed by atoms with Crippen molar-refractivity contribution in [3.63, 3.8) is 0 Å². The van der Waals surface area contributed by atoms with E-state index < -0.39 is 0 Å². The molecule has 0 aliphatic rings. The number of carbonyl (C=O) groups excluding carboxylic acids is 2. The van der Waals surface area contributed by atoms with Gasteiger partial charge in [0, 0.05) is 57.4 Å². The van der Waals surface area contributed by atoms with Crippen LogP contribution in [0.4, 0.5) is 5.69 Å². The van der Waals surface area contributed by atoms with Crippen LogP contribution < -0.4 is 5.32 Å². The molecule has 0 radical (unpaired) electrons. The maximum Gasteiger partial charge on any atom is 0.224 e. The van der Waals surface area contributed by atoms with Crippen LogP contribution in [0.2, 0.25) is 0 Å². The first kappa shape index (κ1) is 23.7. The standard InChI is InChI=1S/C28H23N7O2S/c1-3-4-25(37)32-18-9-16(12-29-14-18)17-10-21-26(34-35-28(21)31-13-17)22-11-20-19(7-8-30-27(20)33-22)24-6-5-23(38-24)15(2)36/h5-14H,3-4H2,1-2H3,(H,30,33)(H,32,37)(H,31,34,35). The van der Waals surface area contributed by atoms with Crippen molar-refractivity contribution in [2.45, 2.75) is 26.7 Å². The molecule has 188 valence electrons. The Kier molecular flexibility index (Phi) is 6.01. The monoisotopic (exact) mass is 521 g/mol. The number of nitrogens with one attached hydrogen (secondary N) is 3. The molecule has 6 heterocycles. The first-order valence-corrected chi connectivity index (χ1v) is 13.0. The van der Waals surface area contributed by atoms with Crippen LogP contribution in [0.5, 0.6) is 0 Å². The predicted molar refractivity (Wildman–Crippen MR) is 149 cm³/mol. The summed E-state index contributed by atoms with van der Waals surface area (Å²) in [5.41, 5.74) is 6.23. The first-order chi connectivity index (χ1) is 18.5. The molecule has 6 aromatic heterocycles. The SMILES string of the molecule is CCCC(=O)Nc1cncc(-c2cnc3[nH]nc(-c4cc5c(-c6ccc(C(C)=O)s6)ccnc5[nH]4)c3c2)c1. The molecule has 6 aromatic rings. The molecule has 0 aliphatic heterocycles. The van der Waals surface area contributed by atoms with Crippen LogP contribution in [0.3, 0.4) is 0 Å². The minimum atomic E-state index is -0.0380. The average molecular weight is 522 g/mol. The number of carbonyl (C=O) groups is 2. The van der Waals surface area contributed by atoms with Gasteiger partial charge in [0.25, 0.3) is 0 Å². The van der Waals surface area contributed by atoms with Crippen LogP contribution in [0.25, 0.3) is 55.0 Å². The van der Waals surface area contributed by atoms with Gasteiger partial charge >= 0.3 is 0 Å². The summed E-state index contributed by atoms with van der Waals surface area (Å²) in [5.74, 6) is 0.0145. The lowest BCUT2D eigenvalue weighted by Crippen LogP contribution is -2.10. The van der Waals surface area contributed by atoms with Crippen molar-refractivity contribution in [2.24, 2.45) is 0 Å². The minimum Gasteiger partial charge on any atom is -0.338 e. The molecule has 1 amide bonds. The Morgan fingerprint density at radius 2 is 1.84 bits per heavy atom. The molecule has 6 rings (SSSR count). The molecule has 9 nitrogen and oxygen atoms in total. The zero-order chi connectivity index (χ0) is 26.2. The molecule has 0 saturated carbocycles. The number of amides is 1. The molecule has 3 N–H and O–H groups in total. The third kappa shape index (κ3) is 4.35. The van der Waals surface area contributed by atoms with Crippen molar-refractivity contribution >= 4 is 50.8 Å². The van der Waals surface area contributed by atoms with Crippen molar-refractivity contribution in [3.8, 4) is 33.0 Å². The average Bonchev–Trinajstić information content (AvgIpc) is 3.66. The lowest BCUT2D eigenvalue weighted by molar-refractivity contribution is -0.116. The summed E-state index contributed by atoms with van der Waals surface area (Å²) in [6.07, 6.45) is 8.13. The molecule has 0 saturated heterocycles. The van der Waals surface area contributed by atoms with Gasteiger partial charge in [0.1, 0.15) is 11.3 Å². The second-order valence-corrected chi connectivity index (χ2v) is 10.1. The van der Waals surface area contributed by atoms with Crippen molar-refractivity contribution in [1.82, 2.24) is 30.1 Å². The number of aromatic nitrogens is 6. The Hall–Kier alpha value is -4.70. The van der Waals surface area contributed by atoms with Crippen LogP contribution in [-0.4, -0.2) is 41.8 Å². The fraction of sp³-hybridized carbons (Fsp3) is 0.143. The number of thiophene rings is 1. The summed E-state index contributed by atoms with van der Waals surface area (Å²) in [5, 5.41) is 12.2. The van der Waals surface area contributed by atoms with E-state index in [1.54, 1.807) is 31.7 Å². The highest BCUT2D eigenvalue weighted by atomic mass is 32.1. The van der Waals surface area contributed by atoms with Gasteiger partial charge in [-0.2, -0.15) is 5.10 Å². The van der Waals surface area contributed by atoms with E-state index in [1.165, 1.54) is 11.3 Å². The van der Waals surface area contributed by atoms with Crippen molar-refractivity contribution in [3.05, 3.63) is 66.1 Å². The molecular weight excluding hydrogens is 498 g/mol. The van der Waals surface area contributed by atoms with Crippen molar-refractivity contribution < 1.29 is 9.59 Å². The van der Waals surface area contributed by atoms with Gasteiger partial charge in [-0.1, -0.05) is 6.92 Å². The smallest absolute Gasteiger partial charge is 0.224 e. The number of Topliss-reactive ketones (excluding diaryl/α,β-unsaturated/α-hetero) is 1. The number of nitrogens with zero attached hydrogens (tertiary/aromatic N) is 4. The third-order valence-corrected chi connectivity index (χ3v) is 7.47. The third-order valence-electron chi connectivity index (χ3n) is 6.25. The molecule has 0 unspecified atom stereocenters. The number of ketones is 1. The number of anilines is 1. The summed E-state index contributed by atoms with van der Waals surface area (Å²) < 4.78 is 0. The summed E-state index contributed by atoms with van der Waals surface area (Å²) in [6.45, 7) is 3.54. The van der Waals surface area contributed by atoms with E-state index in [0.717, 1.165) is 55.0 Å². The van der Waals surface area contributed by atoms with Gasteiger partial charge in [-0.15, -0.1) is 11.3 Å². The van der Waals surface area contributed by atoms with E-state index in [2.05, 4.69) is 35.5 Å². The number of hydrogen-bond acceptors (Lipinski definition) is 7. The number of hydrogen-bond donors (Lipinski definition) is 3. The topological polar surface area (TPSA) is 129 Å². The highest BCUT2D eigenvalue weighted by molar-refractivity contribution is 7.17. The fourth-order valence-electron chi connectivity index (χ4n) is 4.42. The van der Waals surface area contributed by atoms with Crippen molar-refractivity contribution in [1.29, 1.82) is 0 Å². The molecule has 10 heteroatoms. The van der Waals surface area contributed by atoms with Gasteiger partial charge < -0.3 is 10.3 Å². The molecular formula is C28H23N7O2S. The molecule has 0 aromatic carbocycles. The van der Waals surface area contributed by atoms with Crippen LogP contribution in [0.1, 0.15) is 36.4 Å². The molecule has 0 fully saturated rings. The lowest BCUT2D eigenvalue weighted by Gasteiger charge is -2.07. The van der Waals surface area contributed by atoms with Crippen LogP contribution in [0, 0.1) is 0 Å². The van der Waals surface area contributed by atoms with Gasteiger partial charge in [-0.05, 0) is 49.7 Å². The second kappa shape index (κ2) is 9.64. The number of rotatable bonds is 7. The number of H-pyrrole nitrogens is 2. The van der Waals surface area contributed by atoms with E-state index in [1.807, 2.05) is 43.3 Å². The van der Waals surface area contributed by atoms with Gasteiger partial charge in [0.2, 0.25) is 5.91 Å². The van der Waals surface area contributed by atoms with Crippen molar-refractivity contribution in [2.75, 3.05) is 5.32 Å². The largest absolute Gasteiger partial charge is 0.338 e. The zero-order valence-electron chi connectivity index (χ0n) is 20.7. The van der Waals surface area contributed by atoms with Gasteiger partial charge in [0.05, 0.1) is 22.5 Å². The Morgan fingerprint density at radius 1 is 0.974 bits per heavy atom. The lowest BCUT2D eigenvalue weighted by atomic mass is 10.1. The predicted octanol–water partition coefficient (Wildman–Crippen LogP) is 6.23. The van der Waals surface area contributed by atoms with E-state index >= 15 is 0 Å². The summed E-state index contributed by atoms with van der Waals surface area (Å²) >= 11 is 1.47. The van der Waals surface area contributed by atoms with Crippen LogP contribution in [0.15, 0.2) is 61.2 Å². The second-order valence-electron chi connectivity index (χ2n) is 8.98. The summed E-state index contributed by atoms with van der Waals surface area (Å²) in [7, 11) is 0. The normalized spacial score (nSPS) is 11.3. The maximum atomic E-state index is 12.0. The molecule has 0 atom stereocenters. The summed E-state index contributed by atoms with van der Waals surface area (Å²) in [6, 6.07) is 11.7. The van der Waals surface area contributed by atoms with E-state index in [4.69, 9.17) is 0 Å². The fourth-order valence-corrected chi connectivity index (χ4v) is 5.37. The van der Waals surface area contributed by atoms with Crippen LogP contribution in [-0.2, 0) is 4.79 Å². The number of aromatic amines is 2. The maximum absolute atomic E-state index is 12.0. The van der Waals surface area contributed by atoms with E-state index in [-0.39, 0.29) is 11.7 Å². The molecule has 0 bridgehead atoms. The van der Waals surface area contributed by atoms with E-state index in [0.29, 0.717) is 23.4 Å². The number of fused-ring (bicyclic) bond motifs is 2. The van der Waals surface area contributed by atoms with Gasteiger partial charge in [-0.3, -0.25) is 19.7 Å². The molecule has 0 aliphatic carbocycles. The Bertz CT molecular complexity index is 1830. The Balaban J connectivity index is 1.39. The van der Waals surface area contributed by atoms with Gasteiger partial charge in [0.15, 0.2) is 11.4 Å². The summed E-state index contributed by atoms with van der Waals surface area (Å²) in [4.78, 5) is 42.3. The quantitative estimate of drug-likeness (QED) is 0.214. The Labute approximate surface area is 221 Å². The first-order valence-electron chi connectivity index (χ1n) is 12.2. The zero-order valence-corrected chi connectivity index (χ0v) is 21.5. The minimum absolute atomic E-state index is 0.0380. The van der Waals surface area contributed by atoms with Gasteiger partial charge in [-0.25, -0.2) is 9.97 Å². The highest BCUT2D eigenvalue weighted by Crippen LogP contribution is 2.36. The molecule has 38 heavy (non-hydrogen) atoms.